The lowest BCUT2D eigenvalue weighted by Crippen LogP contribution is -2.54. The number of piperazine rings is 1. The van der Waals surface area contributed by atoms with E-state index in [9.17, 15) is 14.4 Å². The summed E-state index contributed by atoms with van der Waals surface area (Å²) in [4.78, 5) is 44.6. The minimum Gasteiger partial charge on any atom is -0.354 e. The number of hydrogen-bond acceptors (Lipinski definition) is 5. The molecule has 0 bridgehead atoms. The highest BCUT2D eigenvalue weighted by molar-refractivity contribution is 14.0. The van der Waals surface area contributed by atoms with Gasteiger partial charge in [0.05, 0.1) is 13.1 Å². The quantitative estimate of drug-likeness (QED) is 0.186. The second kappa shape index (κ2) is 11.3. The Morgan fingerprint density at radius 2 is 1.89 bits per heavy atom. The van der Waals surface area contributed by atoms with Gasteiger partial charge in [-0.15, -0.1) is 24.0 Å². The standard InChI is InChI=1S/C16H29N7O3.HI/c1-12(2)20-13(24)11-21-6-8-22(9-7-21)15(17-3)18-4-5-23-14(25)10-19-16(23)26;/h12H,4-11H2,1-3H3,(H,17,18)(H,19,26)(H,20,24);1H. The summed E-state index contributed by atoms with van der Waals surface area (Å²) in [5.41, 5.74) is 0. The zero-order valence-corrected chi connectivity index (χ0v) is 18.5. The molecule has 3 N–H and O–H groups in total. The fourth-order valence-electron chi connectivity index (χ4n) is 2.98. The number of nitrogens with one attached hydrogen (secondary N) is 3. The third kappa shape index (κ3) is 7.13. The molecule has 0 aromatic rings. The highest BCUT2D eigenvalue weighted by atomic mass is 127. The molecule has 27 heavy (non-hydrogen) atoms. The average Bonchev–Trinajstić information content (AvgIpc) is 2.90. The molecule has 0 saturated carbocycles. The fraction of sp³-hybridized carbons (Fsp3) is 0.750. The van der Waals surface area contributed by atoms with E-state index in [1.807, 2.05) is 13.8 Å². The monoisotopic (exact) mass is 495 g/mol. The van der Waals surface area contributed by atoms with Crippen LogP contribution >= 0.6 is 24.0 Å². The van der Waals surface area contributed by atoms with E-state index in [4.69, 9.17) is 0 Å². The Morgan fingerprint density at radius 3 is 2.41 bits per heavy atom. The van der Waals surface area contributed by atoms with Gasteiger partial charge >= 0.3 is 6.03 Å². The summed E-state index contributed by atoms with van der Waals surface area (Å²) in [5, 5.41) is 8.59. The Labute approximate surface area is 177 Å². The van der Waals surface area contributed by atoms with Crippen molar-refractivity contribution in [3.8, 4) is 0 Å². The molecule has 10 nitrogen and oxygen atoms in total. The van der Waals surface area contributed by atoms with Crippen LogP contribution in [0.15, 0.2) is 4.99 Å². The predicted octanol–water partition coefficient (Wildman–Crippen LogP) is -1.13. The fourth-order valence-corrected chi connectivity index (χ4v) is 2.98. The van der Waals surface area contributed by atoms with Gasteiger partial charge in [0.2, 0.25) is 11.8 Å². The first-order chi connectivity index (χ1) is 12.4. The first-order valence-corrected chi connectivity index (χ1v) is 8.96. The summed E-state index contributed by atoms with van der Waals surface area (Å²) in [6, 6.07) is -0.198. The van der Waals surface area contributed by atoms with Crippen molar-refractivity contribution in [2.75, 3.05) is 59.4 Å². The van der Waals surface area contributed by atoms with E-state index in [-0.39, 0.29) is 54.4 Å². The molecule has 0 aliphatic carbocycles. The minimum atomic E-state index is -0.347. The number of urea groups is 1. The number of hydrogen-bond donors (Lipinski definition) is 3. The Hall–Kier alpha value is -1.63. The smallest absolute Gasteiger partial charge is 0.324 e. The van der Waals surface area contributed by atoms with Crippen molar-refractivity contribution < 1.29 is 14.4 Å². The Kier molecular flexibility index (Phi) is 9.77. The van der Waals surface area contributed by atoms with Crippen LogP contribution < -0.4 is 16.0 Å². The van der Waals surface area contributed by atoms with Gasteiger partial charge in [-0.25, -0.2) is 4.79 Å². The van der Waals surface area contributed by atoms with Crippen LogP contribution in [0, 0.1) is 0 Å². The van der Waals surface area contributed by atoms with E-state index >= 15 is 0 Å². The molecule has 2 fully saturated rings. The Balaban J connectivity index is 0.00000364. The molecule has 11 heteroatoms. The number of halogens is 1. The van der Waals surface area contributed by atoms with Crippen molar-refractivity contribution in [3.63, 3.8) is 0 Å². The Morgan fingerprint density at radius 1 is 1.22 bits per heavy atom. The number of aliphatic imine (C=N–C) groups is 1. The van der Waals surface area contributed by atoms with Gasteiger partial charge in [-0.2, -0.15) is 0 Å². The number of imide groups is 1. The van der Waals surface area contributed by atoms with Crippen LogP contribution in [0.1, 0.15) is 13.8 Å². The van der Waals surface area contributed by atoms with Gasteiger partial charge < -0.3 is 20.9 Å². The lowest BCUT2D eigenvalue weighted by molar-refractivity contribution is -0.125. The molecule has 2 saturated heterocycles. The normalized spacial score (nSPS) is 18.4. The maximum Gasteiger partial charge on any atom is 0.324 e. The maximum absolute atomic E-state index is 11.8. The van der Waals surface area contributed by atoms with Crippen molar-refractivity contribution in [2.24, 2.45) is 4.99 Å². The molecular weight excluding hydrogens is 465 g/mol. The summed E-state index contributed by atoms with van der Waals surface area (Å²) in [5.74, 6) is 0.577. The van der Waals surface area contributed by atoms with Crippen molar-refractivity contribution in [2.45, 2.75) is 19.9 Å². The summed E-state index contributed by atoms with van der Waals surface area (Å²) in [7, 11) is 1.71. The molecule has 0 aromatic heterocycles. The highest BCUT2D eigenvalue weighted by Gasteiger charge is 2.28. The summed E-state index contributed by atoms with van der Waals surface area (Å²) in [6.45, 7) is 8.20. The van der Waals surface area contributed by atoms with Gasteiger partial charge in [-0.1, -0.05) is 0 Å². The van der Waals surface area contributed by atoms with Crippen LogP contribution in [-0.4, -0.2) is 104 Å². The van der Waals surface area contributed by atoms with Crippen LogP contribution in [0.5, 0.6) is 0 Å². The first-order valence-electron chi connectivity index (χ1n) is 8.96. The highest BCUT2D eigenvalue weighted by Crippen LogP contribution is 2.03. The molecule has 0 spiro atoms. The van der Waals surface area contributed by atoms with Crippen LogP contribution in [0.3, 0.4) is 0 Å². The van der Waals surface area contributed by atoms with Crippen LogP contribution in [0.25, 0.3) is 0 Å². The van der Waals surface area contributed by atoms with E-state index in [0.717, 1.165) is 32.1 Å². The number of nitrogens with zero attached hydrogens (tertiary/aromatic N) is 4. The van der Waals surface area contributed by atoms with Gasteiger partial charge in [0, 0.05) is 52.4 Å². The molecular formula is C16H30IN7O3. The molecule has 2 aliphatic rings. The van der Waals surface area contributed by atoms with E-state index in [1.54, 1.807) is 7.05 Å². The maximum atomic E-state index is 11.8. The summed E-state index contributed by atoms with van der Waals surface area (Å²) < 4.78 is 0. The molecule has 4 amide bonds. The average molecular weight is 495 g/mol. The molecule has 0 aromatic carbocycles. The van der Waals surface area contributed by atoms with E-state index in [1.165, 1.54) is 4.90 Å². The number of carbonyl (C=O) groups is 3. The lowest BCUT2D eigenvalue weighted by Gasteiger charge is -2.36. The zero-order valence-electron chi connectivity index (χ0n) is 16.2. The van der Waals surface area contributed by atoms with Crippen LogP contribution in [0.4, 0.5) is 4.79 Å². The second-order valence-electron chi connectivity index (χ2n) is 6.66. The molecule has 0 atom stereocenters. The van der Waals surface area contributed by atoms with E-state index < -0.39 is 0 Å². The van der Waals surface area contributed by atoms with E-state index in [0.29, 0.717) is 19.6 Å². The second-order valence-corrected chi connectivity index (χ2v) is 6.66. The molecule has 2 aliphatic heterocycles. The largest absolute Gasteiger partial charge is 0.354 e. The molecule has 2 heterocycles. The predicted molar refractivity (Wildman–Crippen MR) is 113 cm³/mol. The Bertz CT molecular complexity index is 546. The van der Waals surface area contributed by atoms with Gasteiger partial charge in [-0.05, 0) is 13.8 Å². The van der Waals surface area contributed by atoms with Crippen LogP contribution in [0.2, 0.25) is 0 Å². The molecule has 0 radical (unpaired) electrons. The van der Waals surface area contributed by atoms with Gasteiger partial charge in [0.15, 0.2) is 5.96 Å². The van der Waals surface area contributed by atoms with Gasteiger partial charge in [0.1, 0.15) is 0 Å². The van der Waals surface area contributed by atoms with E-state index in [2.05, 4.69) is 30.7 Å². The number of amides is 4. The number of guanidine groups is 1. The molecule has 0 unspecified atom stereocenters. The van der Waals surface area contributed by atoms with Gasteiger partial charge in [-0.3, -0.25) is 24.4 Å². The SMILES string of the molecule is CN=C(NCCN1C(=O)CNC1=O)N1CCN(CC(=O)NC(C)C)CC1.I. The lowest BCUT2D eigenvalue weighted by atomic mass is 10.3. The minimum absolute atomic E-state index is 0. The topological polar surface area (TPSA) is 109 Å². The molecule has 154 valence electrons. The van der Waals surface area contributed by atoms with Crippen molar-refractivity contribution in [1.29, 1.82) is 0 Å². The first kappa shape index (κ1) is 23.4. The number of carbonyl (C=O) groups excluding carboxylic acids is 3. The van der Waals surface area contributed by atoms with Crippen molar-refractivity contribution >= 4 is 47.8 Å². The third-order valence-electron chi connectivity index (χ3n) is 4.26. The summed E-state index contributed by atoms with van der Waals surface area (Å²) >= 11 is 0. The van der Waals surface area contributed by atoms with Crippen molar-refractivity contribution in [3.05, 3.63) is 0 Å². The van der Waals surface area contributed by atoms with Gasteiger partial charge in [0.25, 0.3) is 0 Å². The summed E-state index contributed by atoms with van der Waals surface area (Å²) in [6.07, 6.45) is 0. The third-order valence-corrected chi connectivity index (χ3v) is 4.26. The van der Waals surface area contributed by atoms with Crippen LogP contribution in [-0.2, 0) is 9.59 Å². The molecule has 2 rings (SSSR count). The zero-order chi connectivity index (χ0) is 19.1. The number of rotatable bonds is 6. The van der Waals surface area contributed by atoms with Crippen molar-refractivity contribution in [1.82, 2.24) is 30.7 Å².